The minimum absolute atomic E-state index is 0.293. The lowest BCUT2D eigenvalue weighted by Crippen LogP contribution is -1.99. The molecule has 0 aliphatic heterocycles. The Labute approximate surface area is 119 Å². The van der Waals surface area contributed by atoms with Gasteiger partial charge in [-0.25, -0.2) is 0 Å². The molecule has 0 unspecified atom stereocenters. The highest BCUT2D eigenvalue weighted by atomic mass is 35.5. The van der Waals surface area contributed by atoms with Gasteiger partial charge in [0.25, 0.3) is 0 Å². The summed E-state index contributed by atoms with van der Waals surface area (Å²) in [5, 5.41) is 11.6. The Morgan fingerprint density at radius 2 is 1.95 bits per heavy atom. The number of fused-ring (bicyclic) bond motifs is 1. The molecule has 1 N–H and O–H groups in total. The van der Waals surface area contributed by atoms with E-state index in [1.165, 1.54) is 0 Å². The minimum Gasteiger partial charge on any atom is -0.508 e. The van der Waals surface area contributed by atoms with E-state index >= 15 is 0 Å². The van der Waals surface area contributed by atoms with Crippen molar-refractivity contribution in [3.05, 3.63) is 35.9 Å². The summed E-state index contributed by atoms with van der Waals surface area (Å²) in [7, 11) is 0. The predicted molar refractivity (Wildman–Crippen MR) is 80.4 cm³/mol. The Morgan fingerprint density at radius 1 is 1.11 bits per heavy atom. The number of unbranched alkanes of at least 4 members (excludes halogenated alkanes) is 2. The summed E-state index contributed by atoms with van der Waals surface area (Å²) in [4.78, 5) is 0. The average molecular weight is 279 g/mol. The van der Waals surface area contributed by atoms with E-state index in [0.717, 1.165) is 53.8 Å². The van der Waals surface area contributed by atoms with Gasteiger partial charge in [-0.2, -0.15) is 0 Å². The number of halogens is 1. The van der Waals surface area contributed by atoms with Crippen LogP contribution in [0, 0.1) is 6.92 Å². The zero-order chi connectivity index (χ0) is 13.7. The van der Waals surface area contributed by atoms with Crippen LogP contribution in [0.4, 0.5) is 0 Å². The Hall–Kier alpha value is -1.41. The minimum atomic E-state index is 0.293. The second-order valence-corrected chi connectivity index (χ2v) is 5.07. The molecule has 3 heteroatoms. The first kappa shape index (κ1) is 14.0. The number of hydrogen-bond acceptors (Lipinski definition) is 2. The SMILES string of the molecule is Cc1c(OCCCCCCl)ccc2cc(O)ccc12. The Morgan fingerprint density at radius 3 is 2.74 bits per heavy atom. The van der Waals surface area contributed by atoms with Gasteiger partial charge in [0, 0.05) is 5.88 Å². The van der Waals surface area contributed by atoms with Crippen LogP contribution < -0.4 is 4.74 Å². The quantitative estimate of drug-likeness (QED) is 0.616. The van der Waals surface area contributed by atoms with E-state index in [0.29, 0.717) is 5.75 Å². The van der Waals surface area contributed by atoms with Crippen molar-refractivity contribution >= 4 is 22.4 Å². The average Bonchev–Trinajstić information content (AvgIpc) is 2.41. The Kier molecular flexibility index (Phi) is 4.92. The highest BCUT2D eigenvalue weighted by molar-refractivity contribution is 6.17. The molecular formula is C16H19ClO2. The van der Waals surface area contributed by atoms with Crippen molar-refractivity contribution in [3.63, 3.8) is 0 Å². The number of phenolic OH excluding ortho intramolecular Hbond substituents is 1. The summed E-state index contributed by atoms with van der Waals surface area (Å²) in [5.41, 5.74) is 1.12. The van der Waals surface area contributed by atoms with Crippen molar-refractivity contribution < 1.29 is 9.84 Å². The highest BCUT2D eigenvalue weighted by Crippen LogP contribution is 2.29. The maximum atomic E-state index is 9.47. The maximum absolute atomic E-state index is 9.47. The summed E-state index contributed by atoms with van der Waals surface area (Å²) in [6.45, 7) is 2.77. The normalized spacial score (nSPS) is 10.8. The number of aryl methyl sites for hydroxylation is 1. The number of aromatic hydroxyl groups is 1. The number of ether oxygens (including phenoxy) is 1. The molecule has 2 rings (SSSR count). The van der Waals surface area contributed by atoms with E-state index in [1.807, 2.05) is 25.1 Å². The van der Waals surface area contributed by atoms with E-state index in [4.69, 9.17) is 16.3 Å². The molecule has 0 heterocycles. The fourth-order valence-corrected chi connectivity index (χ4v) is 2.35. The molecule has 0 saturated heterocycles. The summed E-state index contributed by atoms with van der Waals surface area (Å²) in [6, 6.07) is 9.36. The monoisotopic (exact) mass is 278 g/mol. The van der Waals surface area contributed by atoms with E-state index < -0.39 is 0 Å². The predicted octanol–water partition coefficient (Wildman–Crippen LogP) is 4.64. The standard InChI is InChI=1S/C16H19ClO2/c1-12-15-7-6-14(18)11-13(15)5-8-16(12)19-10-4-2-3-9-17/h5-8,11,18H,2-4,9-10H2,1H3. The number of rotatable bonds is 6. The second-order valence-electron chi connectivity index (χ2n) is 4.69. The number of benzene rings is 2. The summed E-state index contributed by atoms with van der Waals surface area (Å²) in [5.74, 6) is 1.93. The van der Waals surface area contributed by atoms with Gasteiger partial charge in [-0.1, -0.05) is 12.1 Å². The van der Waals surface area contributed by atoms with Crippen LogP contribution in [-0.2, 0) is 0 Å². The summed E-state index contributed by atoms with van der Waals surface area (Å²) >= 11 is 5.64. The molecule has 0 amide bonds. The van der Waals surface area contributed by atoms with Crippen molar-refractivity contribution in [2.75, 3.05) is 12.5 Å². The van der Waals surface area contributed by atoms with Crippen LogP contribution >= 0.6 is 11.6 Å². The molecule has 0 bridgehead atoms. The fraction of sp³-hybridized carbons (Fsp3) is 0.375. The lowest BCUT2D eigenvalue weighted by atomic mass is 10.0. The van der Waals surface area contributed by atoms with Crippen molar-refractivity contribution in [1.29, 1.82) is 0 Å². The van der Waals surface area contributed by atoms with Gasteiger partial charge >= 0.3 is 0 Å². The van der Waals surface area contributed by atoms with Crippen molar-refractivity contribution in [2.45, 2.75) is 26.2 Å². The molecular weight excluding hydrogens is 260 g/mol. The van der Waals surface area contributed by atoms with E-state index in [9.17, 15) is 5.11 Å². The molecule has 0 atom stereocenters. The van der Waals surface area contributed by atoms with E-state index in [-0.39, 0.29) is 0 Å². The molecule has 0 fully saturated rings. The molecule has 102 valence electrons. The van der Waals surface area contributed by atoms with Crippen LogP contribution in [0.1, 0.15) is 24.8 Å². The van der Waals surface area contributed by atoms with Crippen LogP contribution in [0.15, 0.2) is 30.3 Å². The molecule has 0 aliphatic carbocycles. The van der Waals surface area contributed by atoms with Crippen LogP contribution in [0.2, 0.25) is 0 Å². The topological polar surface area (TPSA) is 29.5 Å². The van der Waals surface area contributed by atoms with Crippen LogP contribution in [-0.4, -0.2) is 17.6 Å². The van der Waals surface area contributed by atoms with Gasteiger partial charge < -0.3 is 9.84 Å². The van der Waals surface area contributed by atoms with Gasteiger partial charge in [-0.15, -0.1) is 11.6 Å². The summed E-state index contributed by atoms with van der Waals surface area (Å²) in [6.07, 6.45) is 3.17. The van der Waals surface area contributed by atoms with Gasteiger partial charge in [0.05, 0.1) is 6.61 Å². The zero-order valence-electron chi connectivity index (χ0n) is 11.2. The fourth-order valence-electron chi connectivity index (χ4n) is 2.16. The lowest BCUT2D eigenvalue weighted by Gasteiger charge is -2.11. The molecule has 19 heavy (non-hydrogen) atoms. The number of hydrogen-bond donors (Lipinski definition) is 1. The summed E-state index contributed by atoms with van der Waals surface area (Å²) < 4.78 is 5.82. The zero-order valence-corrected chi connectivity index (χ0v) is 11.9. The third-order valence-electron chi connectivity index (χ3n) is 3.26. The smallest absolute Gasteiger partial charge is 0.122 e. The van der Waals surface area contributed by atoms with E-state index in [1.54, 1.807) is 12.1 Å². The van der Waals surface area contributed by atoms with Gasteiger partial charge in [-0.05, 0) is 60.7 Å². The first-order valence-corrected chi connectivity index (χ1v) is 7.17. The van der Waals surface area contributed by atoms with Crippen molar-refractivity contribution in [2.24, 2.45) is 0 Å². The highest BCUT2D eigenvalue weighted by Gasteiger charge is 2.05. The number of phenols is 1. The Bertz CT molecular complexity index is 552. The molecule has 0 saturated carbocycles. The first-order chi connectivity index (χ1) is 9.22. The lowest BCUT2D eigenvalue weighted by molar-refractivity contribution is 0.305. The second kappa shape index (κ2) is 6.67. The third-order valence-corrected chi connectivity index (χ3v) is 3.53. The number of alkyl halides is 1. The molecule has 2 aromatic rings. The molecule has 0 spiro atoms. The molecule has 2 aromatic carbocycles. The van der Waals surface area contributed by atoms with Gasteiger partial charge in [-0.3, -0.25) is 0 Å². The molecule has 0 radical (unpaired) electrons. The first-order valence-electron chi connectivity index (χ1n) is 6.63. The van der Waals surface area contributed by atoms with Crippen LogP contribution in [0.25, 0.3) is 10.8 Å². The largest absolute Gasteiger partial charge is 0.508 e. The van der Waals surface area contributed by atoms with Gasteiger partial charge in [0.1, 0.15) is 11.5 Å². The third kappa shape index (κ3) is 3.54. The van der Waals surface area contributed by atoms with Crippen molar-refractivity contribution in [3.8, 4) is 11.5 Å². The van der Waals surface area contributed by atoms with Gasteiger partial charge in [0.2, 0.25) is 0 Å². The maximum Gasteiger partial charge on any atom is 0.122 e. The molecule has 0 aromatic heterocycles. The molecule has 0 aliphatic rings. The molecule has 2 nitrogen and oxygen atoms in total. The van der Waals surface area contributed by atoms with Crippen molar-refractivity contribution in [1.82, 2.24) is 0 Å². The Balaban J connectivity index is 2.07. The van der Waals surface area contributed by atoms with Gasteiger partial charge in [0.15, 0.2) is 0 Å². The van der Waals surface area contributed by atoms with Crippen LogP contribution in [0.3, 0.4) is 0 Å². The van der Waals surface area contributed by atoms with Crippen LogP contribution in [0.5, 0.6) is 11.5 Å². The van der Waals surface area contributed by atoms with E-state index in [2.05, 4.69) is 0 Å².